The minimum atomic E-state index is -0.311. The molecule has 102 valence electrons. The number of carbonyl (C=O) groups excluding carboxylic acids is 1. The van der Waals surface area contributed by atoms with Crippen molar-refractivity contribution in [2.24, 2.45) is 0 Å². The third-order valence-corrected chi connectivity index (χ3v) is 2.89. The van der Waals surface area contributed by atoms with Crippen LogP contribution in [0.15, 0.2) is 48.5 Å². The molecule has 2 rings (SSSR count). The molecule has 0 heterocycles. The summed E-state index contributed by atoms with van der Waals surface area (Å²) in [6, 6.07) is 14.9. The molecule has 0 aromatic heterocycles. The van der Waals surface area contributed by atoms with Crippen LogP contribution in [0.5, 0.6) is 0 Å². The number of hydrogen-bond acceptors (Lipinski definition) is 3. The molecular formula is C17H17NO2. The van der Waals surface area contributed by atoms with Gasteiger partial charge in [0.2, 0.25) is 0 Å². The van der Waals surface area contributed by atoms with E-state index < -0.39 is 0 Å². The lowest BCUT2D eigenvalue weighted by Gasteiger charge is -2.05. The van der Waals surface area contributed by atoms with Gasteiger partial charge in [0.25, 0.3) is 0 Å². The van der Waals surface area contributed by atoms with E-state index in [2.05, 4.69) is 0 Å². The number of nitrogens with two attached hydrogens (primary N) is 1. The van der Waals surface area contributed by atoms with Gasteiger partial charge in [-0.3, -0.25) is 0 Å². The second-order valence-corrected chi connectivity index (χ2v) is 4.27. The maximum atomic E-state index is 11.9. The second-order valence-electron chi connectivity index (χ2n) is 4.27. The number of rotatable bonds is 4. The molecule has 0 fully saturated rings. The zero-order valence-corrected chi connectivity index (χ0v) is 11.4. The summed E-state index contributed by atoms with van der Waals surface area (Å²) < 4.78 is 5.05. The largest absolute Gasteiger partial charge is 0.462 e. The first kappa shape index (κ1) is 13.9. The van der Waals surface area contributed by atoms with E-state index in [1.807, 2.05) is 54.6 Å². The summed E-state index contributed by atoms with van der Waals surface area (Å²) in [6.07, 6.45) is 3.77. The van der Waals surface area contributed by atoms with E-state index in [-0.39, 0.29) is 5.97 Å². The van der Waals surface area contributed by atoms with Crippen molar-refractivity contribution in [2.75, 3.05) is 12.3 Å². The highest BCUT2D eigenvalue weighted by Crippen LogP contribution is 2.17. The van der Waals surface area contributed by atoms with Crippen LogP contribution in [0.1, 0.15) is 28.4 Å². The van der Waals surface area contributed by atoms with E-state index in [4.69, 9.17) is 10.5 Å². The summed E-state index contributed by atoms with van der Waals surface area (Å²) >= 11 is 0. The predicted molar refractivity (Wildman–Crippen MR) is 82.2 cm³/mol. The van der Waals surface area contributed by atoms with Gasteiger partial charge < -0.3 is 10.5 Å². The molecule has 2 N–H and O–H groups in total. The molecular weight excluding hydrogens is 250 g/mol. The molecule has 0 bridgehead atoms. The van der Waals surface area contributed by atoms with Crippen molar-refractivity contribution in [2.45, 2.75) is 6.92 Å². The average molecular weight is 267 g/mol. The van der Waals surface area contributed by atoms with Gasteiger partial charge in [-0.2, -0.15) is 0 Å². The number of benzene rings is 2. The Labute approximate surface area is 118 Å². The fraction of sp³-hybridized carbons (Fsp3) is 0.118. The van der Waals surface area contributed by atoms with Gasteiger partial charge in [-0.25, -0.2) is 4.79 Å². The summed E-state index contributed by atoms with van der Waals surface area (Å²) in [5.41, 5.74) is 8.89. The van der Waals surface area contributed by atoms with E-state index in [1.54, 1.807) is 13.0 Å². The van der Waals surface area contributed by atoms with Crippen LogP contribution in [0.2, 0.25) is 0 Å². The van der Waals surface area contributed by atoms with Crippen LogP contribution in [0.25, 0.3) is 12.2 Å². The van der Waals surface area contributed by atoms with Crippen molar-refractivity contribution in [1.29, 1.82) is 0 Å². The normalized spacial score (nSPS) is 10.7. The third kappa shape index (κ3) is 3.26. The molecule has 0 aliphatic heterocycles. The van der Waals surface area contributed by atoms with Gasteiger partial charge >= 0.3 is 5.97 Å². The number of para-hydroxylation sites is 1. The maximum Gasteiger partial charge on any atom is 0.338 e. The van der Waals surface area contributed by atoms with Crippen molar-refractivity contribution in [1.82, 2.24) is 0 Å². The van der Waals surface area contributed by atoms with E-state index in [9.17, 15) is 4.79 Å². The van der Waals surface area contributed by atoms with E-state index in [1.165, 1.54) is 0 Å². The maximum absolute atomic E-state index is 11.9. The van der Waals surface area contributed by atoms with Crippen LogP contribution >= 0.6 is 0 Å². The SMILES string of the molecule is CCOC(=O)c1ccccc1C=Cc1ccccc1N. The fourth-order valence-corrected chi connectivity index (χ4v) is 1.88. The highest BCUT2D eigenvalue weighted by atomic mass is 16.5. The fourth-order valence-electron chi connectivity index (χ4n) is 1.88. The molecule has 0 saturated carbocycles. The van der Waals surface area contributed by atoms with Crippen LogP contribution in [0, 0.1) is 0 Å². The molecule has 3 heteroatoms. The Morgan fingerprint density at radius 3 is 2.35 bits per heavy atom. The Hall–Kier alpha value is -2.55. The minimum absolute atomic E-state index is 0.311. The summed E-state index contributed by atoms with van der Waals surface area (Å²) in [6.45, 7) is 2.16. The highest BCUT2D eigenvalue weighted by Gasteiger charge is 2.09. The van der Waals surface area contributed by atoms with Crippen LogP contribution in [-0.4, -0.2) is 12.6 Å². The molecule has 0 aliphatic rings. The molecule has 0 unspecified atom stereocenters. The number of hydrogen-bond donors (Lipinski definition) is 1. The zero-order valence-electron chi connectivity index (χ0n) is 11.4. The number of anilines is 1. The van der Waals surface area contributed by atoms with Gasteiger partial charge in [-0.15, -0.1) is 0 Å². The molecule has 0 atom stereocenters. The first-order valence-corrected chi connectivity index (χ1v) is 6.51. The Balaban J connectivity index is 2.30. The van der Waals surface area contributed by atoms with E-state index in [0.29, 0.717) is 17.9 Å². The lowest BCUT2D eigenvalue weighted by atomic mass is 10.1. The summed E-state index contributed by atoms with van der Waals surface area (Å²) in [5.74, 6) is -0.311. The minimum Gasteiger partial charge on any atom is -0.462 e. The van der Waals surface area contributed by atoms with Crippen LogP contribution in [-0.2, 0) is 4.74 Å². The first-order chi connectivity index (χ1) is 9.72. The number of carbonyl (C=O) groups is 1. The molecule has 0 saturated heterocycles. The highest BCUT2D eigenvalue weighted by molar-refractivity contribution is 5.95. The van der Waals surface area contributed by atoms with Crippen molar-refractivity contribution in [3.05, 3.63) is 65.2 Å². The number of nitrogen functional groups attached to an aromatic ring is 1. The van der Waals surface area contributed by atoms with Crippen LogP contribution in [0.4, 0.5) is 5.69 Å². The monoisotopic (exact) mass is 267 g/mol. The lowest BCUT2D eigenvalue weighted by molar-refractivity contribution is 0.0526. The van der Waals surface area contributed by atoms with E-state index >= 15 is 0 Å². The van der Waals surface area contributed by atoms with Gasteiger partial charge in [0, 0.05) is 5.69 Å². The summed E-state index contributed by atoms with van der Waals surface area (Å²) in [7, 11) is 0. The average Bonchev–Trinajstić information content (AvgIpc) is 2.47. The number of ether oxygens (including phenoxy) is 1. The summed E-state index contributed by atoms with van der Waals surface area (Å²) in [4.78, 5) is 11.9. The smallest absolute Gasteiger partial charge is 0.338 e. The van der Waals surface area contributed by atoms with Crippen molar-refractivity contribution in [3.63, 3.8) is 0 Å². The Kier molecular flexibility index (Phi) is 4.56. The molecule has 3 nitrogen and oxygen atoms in total. The second kappa shape index (κ2) is 6.57. The van der Waals surface area contributed by atoms with Gasteiger partial charge in [0.15, 0.2) is 0 Å². The third-order valence-electron chi connectivity index (χ3n) is 2.89. The van der Waals surface area contributed by atoms with Crippen LogP contribution < -0.4 is 5.73 Å². The molecule has 0 amide bonds. The zero-order chi connectivity index (χ0) is 14.4. The van der Waals surface area contributed by atoms with Crippen molar-refractivity contribution in [3.8, 4) is 0 Å². The Bertz CT molecular complexity index is 632. The number of esters is 1. The molecule has 0 radical (unpaired) electrons. The van der Waals surface area contributed by atoms with Crippen LogP contribution in [0.3, 0.4) is 0 Å². The standard InChI is InChI=1S/C17H17NO2/c1-2-20-17(19)15-9-5-3-7-13(15)11-12-14-8-4-6-10-16(14)18/h3-12H,2,18H2,1H3. The van der Waals surface area contributed by atoms with Crippen molar-refractivity contribution < 1.29 is 9.53 Å². The van der Waals surface area contributed by atoms with Gasteiger partial charge in [-0.1, -0.05) is 48.6 Å². The molecule has 20 heavy (non-hydrogen) atoms. The first-order valence-electron chi connectivity index (χ1n) is 6.51. The lowest BCUT2D eigenvalue weighted by Crippen LogP contribution is -2.06. The molecule has 0 spiro atoms. The van der Waals surface area contributed by atoms with Gasteiger partial charge in [-0.05, 0) is 30.2 Å². The molecule has 2 aromatic rings. The summed E-state index contributed by atoms with van der Waals surface area (Å²) in [5, 5.41) is 0. The van der Waals surface area contributed by atoms with Crippen molar-refractivity contribution >= 4 is 23.8 Å². The van der Waals surface area contributed by atoms with E-state index in [0.717, 1.165) is 11.1 Å². The molecule has 0 aliphatic carbocycles. The Morgan fingerprint density at radius 1 is 1.05 bits per heavy atom. The quantitative estimate of drug-likeness (QED) is 0.523. The Morgan fingerprint density at radius 2 is 1.65 bits per heavy atom. The van der Waals surface area contributed by atoms with Gasteiger partial charge in [0.05, 0.1) is 12.2 Å². The topological polar surface area (TPSA) is 52.3 Å². The molecule has 2 aromatic carbocycles. The predicted octanol–water partition coefficient (Wildman–Crippen LogP) is 3.62. The van der Waals surface area contributed by atoms with Gasteiger partial charge in [0.1, 0.15) is 0 Å².